The molecule has 1 aromatic rings. The molecule has 1 rings (SSSR count). The third-order valence-electron chi connectivity index (χ3n) is 2.01. The first-order valence-corrected chi connectivity index (χ1v) is 5.14. The number of aromatic hydroxyl groups is 1. The van der Waals surface area contributed by atoms with Gasteiger partial charge >= 0.3 is 0 Å². The topological polar surface area (TPSA) is 49.7 Å². The molecule has 0 unspecified atom stereocenters. The van der Waals surface area contributed by atoms with Crippen LogP contribution in [0.3, 0.4) is 0 Å². The van der Waals surface area contributed by atoms with Gasteiger partial charge in [0.15, 0.2) is 0 Å². The molecule has 3 heteroatoms. The maximum atomic E-state index is 9.58. The molecule has 0 aliphatic heterocycles. The lowest BCUT2D eigenvalue weighted by Gasteiger charge is -2.23. The largest absolute Gasteiger partial charge is 0.508 e. The number of benzene rings is 1. The minimum atomic E-state index is -0.317. The highest BCUT2D eigenvalue weighted by molar-refractivity contribution is 5.60. The van der Waals surface area contributed by atoms with Gasteiger partial charge in [-0.05, 0) is 26.8 Å². The van der Waals surface area contributed by atoms with Crippen molar-refractivity contribution in [3.05, 3.63) is 35.9 Å². The number of ether oxygens (including phenoxy) is 1. The second-order valence-electron chi connectivity index (χ2n) is 4.64. The Morgan fingerprint density at radius 2 is 2.00 bits per heavy atom. The summed E-state index contributed by atoms with van der Waals surface area (Å²) < 4.78 is 5.58. The van der Waals surface area contributed by atoms with Crippen molar-refractivity contribution in [1.29, 1.82) is 0 Å². The molecular formula is C13H18O3. The van der Waals surface area contributed by atoms with Crippen LogP contribution in [-0.4, -0.2) is 15.8 Å². The monoisotopic (exact) mass is 222 g/mol. The highest BCUT2D eigenvalue weighted by atomic mass is 16.5. The van der Waals surface area contributed by atoms with Gasteiger partial charge in [0.1, 0.15) is 17.1 Å². The summed E-state index contributed by atoms with van der Waals surface area (Å²) >= 11 is 0. The van der Waals surface area contributed by atoms with E-state index in [1.54, 1.807) is 18.2 Å². The summed E-state index contributed by atoms with van der Waals surface area (Å²) in [6.45, 7) is 9.42. The molecule has 2 N–H and O–H groups in total. The van der Waals surface area contributed by atoms with E-state index in [1.807, 2.05) is 20.8 Å². The van der Waals surface area contributed by atoms with Crippen LogP contribution >= 0.6 is 0 Å². The molecule has 0 aliphatic rings. The molecule has 0 saturated carbocycles. The summed E-state index contributed by atoms with van der Waals surface area (Å²) in [5.41, 5.74) is 0.888. The predicted octanol–water partition coefficient (Wildman–Crippen LogP) is 2.67. The Morgan fingerprint density at radius 3 is 2.44 bits per heavy atom. The number of phenols is 1. The molecule has 0 spiro atoms. The number of rotatable bonds is 3. The van der Waals surface area contributed by atoms with Gasteiger partial charge < -0.3 is 14.9 Å². The van der Waals surface area contributed by atoms with Crippen LogP contribution in [0.15, 0.2) is 24.8 Å². The fourth-order valence-electron chi connectivity index (χ4n) is 1.30. The van der Waals surface area contributed by atoms with Crippen LogP contribution < -0.4 is 0 Å². The standard InChI is InChI=1S/C13H18O3/c1-9(16-13(2,3)4)10-5-6-11(8-14)12(15)7-10/h5-7,14-15H,1,8H2,2-4H3. The lowest BCUT2D eigenvalue weighted by atomic mass is 10.1. The van der Waals surface area contributed by atoms with Gasteiger partial charge in [-0.25, -0.2) is 0 Å². The minimum Gasteiger partial charge on any atom is -0.508 e. The first-order chi connectivity index (χ1) is 7.33. The molecule has 0 atom stereocenters. The third-order valence-corrected chi connectivity index (χ3v) is 2.01. The summed E-state index contributed by atoms with van der Waals surface area (Å²) in [6, 6.07) is 4.96. The van der Waals surface area contributed by atoms with Crippen LogP contribution in [-0.2, 0) is 11.3 Å². The first-order valence-electron chi connectivity index (χ1n) is 5.14. The fourth-order valence-corrected chi connectivity index (χ4v) is 1.30. The van der Waals surface area contributed by atoms with Gasteiger partial charge in [0.25, 0.3) is 0 Å². The molecule has 0 radical (unpaired) electrons. The van der Waals surface area contributed by atoms with E-state index in [9.17, 15) is 5.11 Å². The molecule has 0 bridgehead atoms. The van der Waals surface area contributed by atoms with Crippen molar-refractivity contribution in [2.24, 2.45) is 0 Å². The summed E-state index contributed by atoms with van der Waals surface area (Å²) in [7, 11) is 0. The number of aliphatic hydroxyl groups is 1. The van der Waals surface area contributed by atoms with Crippen LogP contribution in [0.1, 0.15) is 31.9 Å². The zero-order chi connectivity index (χ0) is 12.3. The molecule has 16 heavy (non-hydrogen) atoms. The highest BCUT2D eigenvalue weighted by Gasteiger charge is 2.14. The van der Waals surface area contributed by atoms with Crippen LogP contribution in [0.4, 0.5) is 0 Å². The summed E-state index contributed by atoms with van der Waals surface area (Å²) in [5, 5.41) is 18.5. The van der Waals surface area contributed by atoms with Crippen LogP contribution in [0.25, 0.3) is 5.76 Å². The average molecular weight is 222 g/mol. The SMILES string of the molecule is C=C(OC(C)(C)C)c1ccc(CO)c(O)c1. The van der Waals surface area contributed by atoms with Gasteiger partial charge in [-0.3, -0.25) is 0 Å². The second-order valence-corrected chi connectivity index (χ2v) is 4.64. The zero-order valence-electron chi connectivity index (χ0n) is 9.95. The van der Waals surface area contributed by atoms with Crippen molar-refractivity contribution in [2.75, 3.05) is 0 Å². The zero-order valence-corrected chi connectivity index (χ0v) is 9.95. The first kappa shape index (κ1) is 12.6. The average Bonchev–Trinajstić information content (AvgIpc) is 2.15. The van der Waals surface area contributed by atoms with Gasteiger partial charge in [0.2, 0.25) is 0 Å². The lowest BCUT2D eigenvalue weighted by Crippen LogP contribution is -2.17. The summed E-state index contributed by atoms with van der Waals surface area (Å²) in [5.74, 6) is 0.561. The molecule has 1 aromatic carbocycles. The second kappa shape index (κ2) is 4.58. The smallest absolute Gasteiger partial charge is 0.121 e. The molecular weight excluding hydrogens is 204 g/mol. The minimum absolute atomic E-state index is 0.0543. The molecule has 88 valence electrons. The van der Waals surface area contributed by atoms with Crippen LogP contribution in [0, 0.1) is 0 Å². The molecule has 0 heterocycles. The number of aliphatic hydroxyl groups excluding tert-OH is 1. The number of hydrogen-bond acceptors (Lipinski definition) is 3. The Balaban J connectivity index is 2.89. The van der Waals surface area contributed by atoms with E-state index >= 15 is 0 Å². The van der Waals surface area contributed by atoms with Crippen molar-refractivity contribution in [3.63, 3.8) is 0 Å². The van der Waals surface area contributed by atoms with E-state index in [-0.39, 0.29) is 18.0 Å². The lowest BCUT2D eigenvalue weighted by molar-refractivity contribution is 0.0975. The van der Waals surface area contributed by atoms with Crippen LogP contribution in [0.2, 0.25) is 0 Å². The highest BCUT2D eigenvalue weighted by Crippen LogP contribution is 2.26. The molecule has 0 saturated heterocycles. The maximum Gasteiger partial charge on any atom is 0.121 e. The van der Waals surface area contributed by atoms with Gasteiger partial charge in [-0.1, -0.05) is 18.7 Å². The Kier molecular flexibility index (Phi) is 3.60. The van der Waals surface area contributed by atoms with Crippen molar-refractivity contribution in [3.8, 4) is 5.75 Å². The van der Waals surface area contributed by atoms with E-state index in [0.717, 1.165) is 0 Å². The Labute approximate surface area is 96.0 Å². The van der Waals surface area contributed by atoms with E-state index in [0.29, 0.717) is 16.9 Å². The van der Waals surface area contributed by atoms with Gasteiger partial charge in [-0.15, -0.1) is 0 Å². The molecule has 0 aliphatic carbocycles. The van der Waals surface area contributed by atoms with Crippen molar-refractivity contribution in [2.45, 2.75) is 33.0 Å². The quantitative estimate of drug-likeness (QED) is 0.773. The fraction of sp³-hybridized carbons (Fsp3) is 0.385. The van der Waals surface area contributed by atoms with E-state index in [2.05, 4.69) is 6.58 Å². The molecule has 0 amide bonds. The maximum absolute atomic E-state index is 9.58. The van der Waals surface area contributed by atoms with Crippen molar-refractivity contribution in [1.82, 2.24) is 0 Å². The van der Waals surface area contributed by atoms with E-state index in [4.69, 9.17) is 9.84 Å². The van der Waals surface area contributed by atoms with E-state index in [1.165, 1.54) is 0 Å². The third kappa shape index (κ3) is 3.28. The predicted molar refractivity (Wildman–Crippen MR) is 63.9 cm³/mol. The molecule has 0 aromatic heterocycles. The Bertz CT molecular complexity index is 389. The molecule has 0 fully saturated rings. The van der Waals surface area contributed by atoms with Gasteiger partial charge in [0, 0.05) is 11.1 Å². The van der Waals surface area contributed by atoms with Crippen LogP contribution in [0.5, 0.6) is 5.75 Å². The Morgan fingerprint density at radius 1 is 1.38 bits per heavy atom. The molecule has 3 nitrogen and oxygen atoms in total. The summed E-state index contributed by atoms with van der Waals surface area (Å²) in [4.78, 5) is 0. The summed E-state index contributed by atoms with van der Waals surface area (Å²) in [6.07, 6.45) is 0. The normalized spacial score (nSPS) is 11.2. The van der Waals surface area contributed by atoms with Gasteiger partial charge in [0.05, 0.1) is 6.61 Å². The van der Waals surface area contributed by atoms with Crippen molar-refractivity contribution < 1.29 is 14.9 Å². The van der Waals surface area contributed by atoms with Crippen molar-refractivity contribution >= 4 is 5.76 Å². The number of hydrogen-bond donors (Lipinski definition) is 2. The van der Waals surface area contributed by atoms with Gasteiger partial charge in [-0.2, -0.15) is 0 Å². The Hall–Kier alpha value is -1.48. The van der Waals surface area contributed by atoms with E-state index < -0.39 is 0 Å².